The highest BCUT2D eigenvalue weighted by atomic mass is 16.1. The van der Waals surface area contributed by atoms with E-state index in [2.05, 4.69) is 11.9 Å². The van der Waals surface area contributed by atoms with Gasteiger partial charge in [0.05, 0.1) is 0 Å². The van der Waals surface area contributed by atoms with Gasteiger partial charge in [0.15, 0.2) is 0 Å². The zero-order valence-electron chi connectivity index (χ0n) is 5.92. The van der Waals surface area contributed by atoms with Crippen molar-refractivity contribution in [3.8, 4) is 0 Å². The van der Waals surface area contributed by atoms with Gasteiger partial charge in [-0.25, -0.2) is 0 Å². The Bertz CT molecular complexity index is 196. The standard InChI is InChI=1S/C7H10N2O/c1-3-9-5-4-7(10)8-6(9)2/h4-5H,2-3H2,1H3,(H,8,10). The monoisotopic (exact) mass is 138 g/mol. The predicted molar refractivity (Wildman–Crippen MR) is 38.8 cm³/mol. The van der Waals surface area contributed by atoms with Gasteiger partial charge in [-0.15, -0.1) is 0 Å². The lowest BCUT2D eigenvalue weighted by molar-refractivity contribution is -0.116. The molecular formula is C7H10N2O. The normalized spacial score (nSPS) is 17.5. The highest BCUT2D eigenvalue weighted by molar-refractivity contribution is 5.89. The van der Waals surface area contributed by atoms with Crippen molar-refractivity contribution in [2.45, 2.75) is 6.92 Å². The average Bonchev–Trinajstić information content (AvgIpc) is 1.88. The molecule has 1 rings (SSSR count). The van der Waals surface area contributed by atoms with Crippen LogP contribution in [0, 0.1) is 0 Å². The van der Waals surface area contributed by atoms with Crippen molar-refractivity contribution in [1.29, 1.82) is 0 Å². The minimum Gasteiger partial charge on any atom is -0.335 e. The van der Waals surface area contributed by atoms with Gasteiger partial charge in [-0.05, 0) is 6.92 Å². The third-order valence-electron chi connectivity index (χ3n) is 1.36. The highest BCUT2D eigenvalue weighted by Gasteiger charge is 2.09. The molecule has 54 valence electrons. The van der Waals surface area contributed by atoms with Crippen LogP contribution in [0.25, 0.3) is 0 Å². The lowest BCUT2D eigenvalue weighted by Crippen LogP contribution is -2.34. The largest absolute Gasteiger partial charge is 0.335 e. The predicted octanol–water partition coefficient (Wildman–Crippen LogP) is 0.423. The van der Waals surface area contributed by atoms with E-state index in [0.717, 1.165) is 6.54 Å². The van der Waals surface area contributed by atoms with Gasteiger partial charge in [0, 0.05) is 18.8 Å². The molecule has 10 heavy (non-hydrogen) atoms. The van der Waals surface area contributed by atoms with Gasteiger partial charge in [0.1, 0.15) is 5.82 Å². The summed E-state index contributed by atoms with van der Waals surface area (Å²) in [6, 6.07) is 0. The van der Waals surface area contributed by atoms with E-state index in [1.165, 1.54) is 6.08 Å². The summed E-state index contributed by atoms with van der Waals surface area (Å²) < 4.78 is 0. The SMILES string of the molecule is C=C1NC(=O)C=CN1CC. The summed E-state index contributed by atoms with van der Waals surface area (Å²) in [5.74, 6) is 0.546. The first-order chi connectivity index (χ1) is 4.74. The first kappa shape index (κ1) is 6.86. The minimum absolute atomic E-state index is 0.102. The van der Waals surface area contributed by atoms with Gasteiger partial charge < -0.3 is 10.2 Å². The molecule has 0 atom stereocenters. The van der Waals surface area contributed by atoms with E-state index in [-0.39, 0.29) is 5.91 Å². The van der Waals surface area contributed by atoms with Crippen molar-refractivity contribution in [3.05, 3.63) is 24.7 Å². The molecule has 0 aliphatic carbocycles. The van der Waals surface area contributed by atoms with Crippen molar-refractivity contribution < 1.29 is 4.79 Å². The van der Waals surface area contributed by atoms with Gasteiger partial charge >= 0.3 is 0 Å². The molecule has 3 heteroatoms. The molecule has 0 radical (unpaired) electrons. The molecule has 3 nitrogen and oxygen atoms in total. The molecule has 1 aliphatic rings. The van der Waals surface area contributed by atoms with E-state index in [4.69, 9.17) is 0 Å². The Kier molecular flexibility index (Phi) is 1.76. The molecule has 0 bridgehead atoms. The van der Waals surface area contributed by atoms with Gasteiger partial charge in [0.25, 0.3) is 5.91 Å². The van der Waals surface area contributed by atoms with E-state index in [1.54, 1.807) is 6.20 Å². The van der Waals surface area contributed by atoms with Crippen LogP contribution in [0.1, 0.15) is 6.92 Å². The second kappa shape index (κ2) is 2.56. The second-order valence-corrected chi connectivity index (χ2v) is 2.04. The van der Waals surface area contributed by atoms with Crippen LogP contribution in [0.3, 0.4) is 0 Å². The summed E-state index contributed by atoms with van der Waals surface area (Å²) in [7, 11) is 0. The van der Waals surface area contributed by atoms with E-state index < -0.39 is 0 Å². The average molecular weight is 138 g/mol. The molecule has 0 spiro atoms. The fourth-order valence-corrected chi connectivity index (χ4v) is 0.800. The Balaban J connectivity index is 2.71. The van der Waals surface area contributed by atoms with Crippen molar-refractivity contribution >= 4 is 5.91 Å². The lowest BCUT2D eigenvalue weighted by Gasteiger charge is -2.23. The number of nitrogens with zero attached hydrogens (tertiary/aromatic N) is 1. The van der Waals surface area contributed by atoms with Crippen LogP contribution in [0.15, 0.2) is 24.7 Å². The first-order valence-electron chi connectivity index (χ1n) is 3.18. The summed E-state index contributed by atoms with van der Waals surface area (Å²) in [5.41, 5.74) is 0. The third-order valence-corrected chi connectivity index (χ3v) is 1.36. The van der Waals surface area contributed by atoms with Crippen LogP contribution in [0.2, 0.25) is 0 Å². The number of nitrogens with one attached hydrogen (secondary N) is 1. The van der Waals surface area contributed by atoms with Crippen molar-refractivity contribution in [3.63, 3.8) is 0 Å². The molecular weight excluding hydrogens is 128 g/mol. The van der Waals surface area contributed by atoms with Crippen LogP contribution in [0.5, 0.6) is 0 Å². The molecule has 0 aromatic heterocycles. The van der Waals surface area contributed by atoms with E-state index in [9.17, 15) is 4.79 Å². The number of rotatable bonds is 1. The number of carbonyl (C=O) groups excluding carboxylic acids is 1. The van der Waals surface area contributed by atoms with Crippen LogP contribution in [-0.2, 0) is 4.79 Å². The van der Waals surface area contributed by atoms with E-state index in [0.29, 0.717) is 5.82 Å². The molecule has 1 heterocycles. The Morgan fingerprint density at radius 2 is 2.50 bits per heavy atom. The Morgan fingerprint density at radius 1 is 1.80 bits per heavy atom. The van der Waals surface area contributed by atoms with Crippen molar-refractivity contribution in [1.82, 2.24) is 10.2 Å². The first-order valence-corrected chi connectivity index (χ1v) is 3.18. The van der Waals surface area contributed by atoms with E-state index >= 15 is 0 Å². The highest BCUT2D eigenvalue weighted by Crippen LogP contribution is 2.02. The Hall–Kier alpha value is -1.25. The van der Waals surface area contributed by atoms with Crippen LogP contribution < -0.4 is 5.32 Å². The molecule has 1 aliphatic heterocycles. The number of hydrogen-bond donors (Lipinski definition) is 1. The quantitative estimate of drug-likeness (QED) is 0.569. The number of amides is 1. The molecule has 0 saturated carbocycles. The molecule has 0 fully saturated rings. The maximum atomic E-state index is 10.6. The molecule has 0 aromatic carbocycles. The zero-order chi connectivity index (χ0) is 7.56. The Labute approximate surface area is 60.0 Å². The topological polar surface area (TPSA) is 32.3 Å². The number of hydrogen-bond acceptors (Lipinski definition) is 2. The van der Waals surface area contributed by atoms with Crippen LogP contribution in [0.4, 0.5) is 0 Å². The summed E-state index contributed by atoms with van der Waals surface area (Å²) in [6.45, 7) is 6.48. The smallest absolute Gasteiger partial charge is 0.250 e. The minimum atomic E-state index is -0.102. The number of carbonyl (C=O) groups is 1. The molecule has 0 saturated heterocycles. The van der Waals surface area contributed by atoms with Gasteiger partial charge in [-0.3, -0.25) is 4.79 Å². The van der Waals surface area contributed by atoms with Crippen LogP contribution >= 0.6 is 0 Å². The van der Waals surface area contributed by atoms with Crippen LogP contribution in [-0.4, -0.2) is 17.4 Å². The maximum absolute atomic E-state index is 10.6. The molecule has 1 amide bonds. The second-order valence-electron chi connectivity index (χ2n) is 2.04. The summed E-state index contributed by atoms with van der Waals surface area (Å²) >= 11 is 0. The van der Waals surface area contributed by atoms with Gasteiger partial charge in [-0.2, -0.15) is 0 Å². The maximum Gasteiger partial charge on any atom is 0.250 e. The van der Waals surface area contributed by atoms with E-state index in [1.807, 2.05) is 11.8 Å². The van der Waals surface area contributed by atoms with Crippen molar-refractivity contribution in [2.75, 3.05) is 6.54 Å². The zero-order valence-corrected chi connectivity index (χ0v) is 5.92. The fraction of sp³-hybridized carbons (Fsp3) is 0.286. The molecule has 0 aromatic rings. The molecule has 0 unspecified atom stereocenters. The lowest BCUT2D eigenvalue weighted by atomic mass is 10.4. The Morgan fingerprint density at radius 3 is 3.00 bits per heavy atom. The summed E-state index contributed by atoms with van der Waals surface area (Å²) in [4.78, 5) is 12.5. The third kappa shape index (κ3) is 1.18. The van der Waals surface area contributed by atoms with Gasteiger partial charge in [0.2, 0.25) is 0 Å². The van der Waals surface area contributed by atoms with Crippen molar-refractivity contribution in [2.24, 2.45) is 0 Å². The summed E-state index contributed by atoms with van der Waals surface area (Å²) in [5, 5.41) is 2.59. The summed E-state index contributed by atoms with van der Waals surface area (Å²) in [6.07, 6.45) is 3.21. The fourth-order valence-electron chi connectivity index (χ4n) is 0.800. The van der Waals surface area contributed by atoms with Gasteiger partial charge in [-0.1, -0.05) is 6.58 Å². The molecule has 1 N–H and O–H groups in total.